The van der Waals surface area contributed by atoms with Crippen molar-refractivity contribution in [3.63, 3.8) is 0 Å². The molecule has 0 unspecified atom stereocenters. The highest BCUT2D eigenvalue weighted by molar-refractivity contribution is 9.10. The lowest BCUT2D eigenvalue weighted by molar-refractivity contribution is -0.136. The number of hydrogen-bond donors (Lipinski definition) is 1. The van der Waals surface area contributed by atoms with Gasteiger partial charge in [0.2, 0.25) is 0 Å². The van der Waals surface area contributed by atoms with Gasteiger partial charge in [0, 0.05) is 4.47 Å². The van der Waals surface area contributed by atoms with Gasteiger partial charge in [-0.2, -0.15) is 0 Å². The van der Waals surface area contributed by atoms with Gasteiger partial charge in [-0.05, 0) is 36.0 Å². The molecule has 14 heavy (non-hydrogen) atoms. The summed E-state index contributed by atoms with van der Waals surface area (Å²) < 4.78 is 1.05. The van der Waals surface area contributed by atoms with Crippen LogP contribution in [0, 0.1) is 0 Å². The Morgan fingerprint density at radius 3 is 2.71 bits per heavy atom. The van der Waals surface area contributed by atoms with Crippen LogP contribution in [0.4, 0.5) is 0 Å². The van der Waals surface area contributed by atoms with Crippen molar-refractivity contribution in [2.45, 2.75) is 25.2 Å². The van der Waals surface area contributed by atoms with Crippen molar-refractivity contribution >= 4 is 21.9 Å². The van der Waals surface area contributed by atoms with E-state index in [-0.39, 0.29) is 6.42 Å². The molecule has 0 spiro atoms. The van der Waals surface area contributed by atoms with Gasteiger partial charge in [0.05, 0.1) is 6.42 Å². The SMILES string of the molecule is O=C(O)Cc1ccc(C2CC2)c(Br)c1. The number of benzene rings is 1. The molecule has 0 atom stereocenters. The summed E-state index contributed by atoms with van der Waals surface area (Å²) in [7, 11) is 0. The Morgan fingerprint density at radius 1 is 1.50 bits per heavy atom. The first kappa shape index (κ1) is 9.71. The third-order valence-corrected chi connectivity index (χ3v) is 3.12. The molecule has 0 heterocycles. The summed E-state index contributed by atoms with van der Waals surface area (Å²) >= 11 is 3.48. The zero-order valence-electron chi connectivity index (χ0n) is 7.66. The minimum absolute atomic E-state index is 0.101. The maximum absolute atomic E-state index is 10.5. The molecule has 1 aliphatic rings. The fraction of sp³-hybridized carbons (Fsp3) is 0.364. The average molecular weight is 255 g/mol. The Labute approximate surface area is 91.1 Å². The second-order valence-electron chi connectivity index (χ2n) is 3.70. The predicted molar refractivity (Wildman–Crippen MR) is 57.5 cm³/mol. The predicted octanol–water partition coefficient (Wildman–Crippen LogP) is 2.95. The summed E-state index contributed by atoms with van der Waals surface area (Å²) in [6.07, 6.45) is 2.62. The van der Waals surface area contributed by atoms with E-state index in [1.54, 1.807) is 0 Å². The van der Waals surface area contributed by atoms with Crippen molar-refractivity contribution < 1.29 is 9.90 Å². The van der Waals surface area contributed by atoms with Crippen LogP contribution in [0.5, 0.6) is 0 Å². The average Bonchev–Trinajstić information content (AvgIpc) is 2.86. The van der Waals surface area contributed by atoms with Crippen molar-refractivity contribution in [3.05, 3.63) is 33.8 Å². The maximum atomic E-state index is 10.5. The van der Waals surface area contributed by atoms with Crippen LogP contribution in [-0.4, -0.2) is 11.1 Å². The molecular weight excluding hydrogens is 244 g/mol. The molecule has 0 aromatic heterocycles. The first-order valence-electron chi connectivity index (χ1n) is 4.67. The molecule has 1 N–H and O–H groups in total. The zero-order valence-corrected chi connectivity index (χ0v) is 9.25. The summed E-state index contributed by atoms with van der Waals surface area (Å²) in [6, 6.07) is 5.87. The van der Waals surface area contributed by atoms with E-state index in [0.717, 1.165) is 10.0 Å². The third-order valence-electron chi connectivity index (χ3n) is 2.44. The molecule has 0 aliphatic heterocycles. The monoisotopic (exact) mass is 254 g/mol. The molecule has 1 aliphatic carbocycles. The highest BCUT2D eigenvalue weighted by atomic mass is 79.9. The summed E-state index contributed by atoms with van der Waals surface area (Å²) in [4.78, 5) is 10.5. The van der Waals surface area contributed by atoms with Crippen LogP contribution in [0.25, 0.3) is 0 Å². The van der Waals surface area contributed by atoms with E-state index in [2.05, 4.69) is 15.9 Å². The van der Waals surface area contributed by atoms with Gasteiger partial charge in [-0.25, -0.2) is 0 Å². The van der Waals surface area contributed by atoms with E-state index in [4.69, 9.17) is 5.11 Å². The summed E-state index contributed by atoms with van der Waals surface area (Å²) in [5.74, 6) is -0.0840. The number of carbonyl (C=O) groups is 1. The lowest BCUT2D eigenvalue weighted by atomic mass is 10.1. The van der Waals surface area contributed by atoms with Crippen molar-refractivity contribution in [1.82, 2.24) is 0 Å². The van der Waals surface area contributed by atoms with Crippen molar-refractivity contribution in [1.29, 1.82) is 0 Å². The second kappa shape index (κ2) is 3.73. The molecule has 2 nitrogen and oxygen atoms in total. The summed E-state index contributed by atoms with van der Waals surface area (Å²) in [6.45, 7) is 0. The lowest BCUT2D eigenvalue weighted by Gasteiger charge is -2.04. The van der Waals surface area contributed by atoms with Crippen LogP contribution in [0.2, 0.25) is 0 Å². The molecule has 2 rings (SSSR count). The lowest BCUT2D eigenvalue weighted by Crippen LogP contribution is -2.00. The largest absolute Gasteiger partial charge is 0.481 e. The van der Waals surface area contributed by atoms with Crippen LogP contribution in [0.15, 0.2) is 22.7 Å². The van der Waals surface area contributed by atoms with E-state index in [0.29, 0.717) is 5.92 Å². The Morgan fingerprint density at radius 2 is 2.21 bits per heavy atom. The maximum Gasteiger partial charge on any atom is 0.307 e. The van der Waals surface area contributed by atoms with Crippen LogP contribution < -0.4 is 0 Å². The molecule has 0 saturated heterocycles. The number of aliphatic carboxylic acids is 1. The van der Waals surface area contributed by atoms with Crippen LogP contribution in [-0.2, 0) is 11.2 Å². The normalized spacial score (nSPS) is 15.5. The number of halogens is 1. The van der Waals surface area contributed by atoms with Gasteiger partial charge in [0.25, 0.3) is 0 Å². The molecule has 1 aromatic rings. The minimum Gasteiger partial charge on any atom is -0.481 e. The van der Waals surface area contributed by atoms with Gasteiger partial charge in [-0.1, -0.05) is 28.1 Å². The Hall–Kier alpha value is -0.830. The quantitative estimate of drug-likeness (QED) is 0.901. The number of rotatable bonds is 3. The Balaban J connectivity index is 2.21. The Kier molecular flexibility index (Phi) is 2.59. The molecule has 1 saturated carbocycles. The van der Waals surface area contributed by atoms with E-state index < -0.39 is 5.97 Å². The standard InChI is InChI=1S/C11H11BrO2/c12-10-5-7(6-11(13)14)1-4-9(10)8-2-3-8/h1,4-5,8H,2-3,6H2,(H,13,14). The van der Waals surface area contributed by atoms with Crippen LogP contribution in [0.1, 0.15) is 29.9 Å². The fourth-order valence-electron chi connectivity index (χ4n) is 1.58. The molecule has 1 fully saturated rings. The summed E-state index contributed by atoms with van der Waals surface area (Å²) in [5.41, 5.74) is 2.17. The fourth-order valence-corrected chi connectivity index (χ4v) is 2.33. The van der Waals surface area contributed by atoms with E-state index >= 15 is 0 Å². The molecular formula is C11H11BrO2. The van der Waals surface area contributed by atoms with Crippen LogP contribution >= 0.6 is 15.9 Å². The Bertz CT molecular complexity index is 370. The molecule has 0 amide bonds. The van der Waals surface area contributed by atoms with E-state index in [9.17, 15) is 4.79 Å². The third kappa shape index (κ3) is 2.15. The van der Waals surface area contributed by atoms with Gasteiger partial charge < -0.3 is 5.11 Å². The smallest absolute Gasteiger partial charge is 0.307 e. The van der Waals surface area contributed by atoms with Gasteiger partial charge in [0.15, 0.2) is 0 Å². The zero-order chi connectivity index (χ0) is 10.1. The minimum atomic E-state index is -0.781. The van der Waals surface area contributed by atoms with Gasteiger partial charge in [-0.15, -0.1) is 0 Å². The molecule has 0 bridgehead atoms. The second-order valence-corrected chi connectivity index (χ2v) is 4.55. The molecule has 1 aromatic carbocycles. The van der Waals surface area contributed by atoms with Crippen molar-refractivity contribution in [3.8, 4) is 0 Å². The number of carboxylic acid groups (broad SMARTS) is 1. The van der Waals surface area contributed by atoms with Gasteiger partial charge in [0.1, 0.15) is 0 Å². The number of hydrogen-bond acceptors (Lipinski definition) is 1. The van der Waals surface area contributed by atoms with Crippen molar-refractivity contribution in [2.24, 2.45) is 0 Å². The highest BCUT2D eigenvalue weighted by Gasteiger charge is 2.25. The topological polar surface area (TPSA) is 37.3 Å². The molecule has 3 heteroatoms. The number of carboxylic acids is 1. The first-order valence-corrected chi connectivity index (χ1v) is 5.46. The summed E-state index contributed by atoms with van der Waals surface area (Å²) in [5, 5.41) is 8.63. The first-order chi connectivity index (χ1) is 6.66. The van der Waals surface area contributed by atoms with Crippen LogP contribution in [0.3, 0.4) is 0 Å². The van der Waals surface area contributed by atoms with Gasteiger partial charge in [-0.3, -0.25) is 4.79 Å². The van der Waals surface area contributed by atoms with Gasteiger partial charge >= 0.3 is 5.97 Å². The van der Waals surface area contributed by atoms with E-state index in [1.165, 1.54) is 18.4 Å². The van der Waals surface area contributed by atoms with E-state index in [1.807, 2.05) is 18.2 Å². The highest BCUT2D eigenvalue weighted by Crippen LogP contribution is 2.43. The molecule has 0 radical (unpaired) electrons. The molecule has 74 valence electrons. The van der Waals surface area contributed by atoms with Crippen molar-refractivity contribution in [2.75, 3.05) is 0 Å².